The maximum absolute atomic E-state index is 6.08. The summed E-state index contributed by atoms with van der Waals surface area (Å²) < 4.78 is 2.12. The number of hydrogen-bond acceptors (Lipinski definition) is 4. The summed E-state index contributed by atoms with van der Waals surface area (Å²) in [6, 6.07) is 24.1. The first kappa shape index (κ1) is 18.7. The summed E-state index contributed by atoms with van der Waals surface area (Å²) in [6.45, 7) is 0. The standard InChI is InChI=1S/C22H19ClN4S/c23-18-9-11-20(12-10-18)27-21(16-17-6-2-1-3-7-17)25-26-22(27)28-15-13-19-8-4-5-14-24-19/h1-12,14H,13,15-16H2. The number of pyridine rings is 1. The molecule has 0 saturated heterocycles. The van der Waals surface area contributed by atoms with Gasteiger partial charge in [0.1, 0.15) is 5.82 Å². The number of aryl methyl sites for hydroxylation is 1. The first-order valence-electron chi connectivity index (χ1n) is 9.06. The molecule has 2 aromatic carbocycles. The second-order valence-electron chi connectivity index (χ2n) is 6.29. The summed E-state index contributed by atoms with van der Waals surface area (Å²) >= 11 is 7.77. The van der Waals surface area contributed by atoms with Gasteiger partial charge in [0.25, 0.3) is 0 Å². The summed E-state index contributed by atoms with van der Waals surface area (Å²) in [7, 11) is 0. The highest BCUT2D eigenvalue weighted by Gasteiger charge is 2.15. The number of halogens is 1. The quantitative estimate of drug-likeness (QED) is 0.393. The molecule has 0 fully saturated rings. The van der Waals surface area contributed by atoms with Crippen LogP contribution in [-0.4, -0.2) is 25.5 Å². The van der Waals surface area contributed by atoms with Gasteiger partial charge in [-0.3, -0.25) is 9.55 Å². The minimum atomic E-state index is 0.714. The molecule has 0 spiro atoms. The first-order valence-corrected chi connectivity index (χ1v) is 10.4. The van der Waals surface area contributed by atoms with E-state index >= 15 is 0 Å². The van der Waals surface area contributed by atoms with Crippen LogP contribution in [0.1, 0.15) is 17.1 Å². The zero-order valence-corrected chi connectivity index (χ0v) is 16.8. The van der Waals surface area contributed by atoms with Crippen LogP contribution in [0.25, 0.3) is 5.69 Å². The molecule has 0 bridgehead atoms. The van der Waals surface area contributed by atoms with E-state index < -0.39 is 0 Å². The second-order valence-corrected chi connectivity index (χ2v) is 7.79. The maximum Gasteiger partial charge on any atom is 0.195 e. The van der Waals surface area contributed by atoms with Crippen LogP contribution < -0.4 is 0 Å². The minimum Gasteiger partial charge on any atom is -0.274 e. The lowest BCUT2D eigenvalue weighted by Gasteiger charge is -2.10. The third-order valence-corrected chi connectivity index (χ3v) is 5.49. The van der Waals surface area contributed by atoms with Crippen molar-refractivity contribution in [3.63, 3.8) is 0 Å². The SMILES string of the molecule is Clc1ccc(-n2c(Cc3ccccc3)nnc2SCCc2ccccn2)cc1. The van der Waals surface area contributed by atoms with Crippen molar-refractivity contribution >= 4 is 23.4 Å². The van der Waals surface area contributed by atoms with E-state index in [4.69, 9.17) is 11.6 Å². The predicted octanol–water partition coefficient (Wildman–Crippen LogP) is 5.24. The zero-order valence-electron chi connectivity index (χ0n) is 15.2. The number of aromatic nitrogens is 4. The highest BCUT2D eigenvalue weighted by Crippen LogP contribution is 2.25. The number of thioether (sulfide) groups is 1. The second kappa shape index (κ2) is 9.04. The lowest BCUT2D eigenvalue weighted by molar-refractivity contribution is 0.847. The molecule has 0 radical (unpaired) electrons. The van der Waals surface area contributed by atoms with E-state index in [2.05, 4.69) is 31.9 Å². The van der Waals surface area contributed by atoms with Crippen LogP contribution in [0.5, 0.6) is 0 Å². The molecule has 0 N–H and O–H groups in total. The molecule has 0 saturated carbocycles. The lowest BCUT2D eigenvalue weighted by atomic mass is 10.1. The van der Waals surface area contributed by atoms with Crippen LogP contribution in [0.15, 0.2) is 84.1 Å². The fourth-order valence-corrected chi connectivity index (χ4v) is 3.99. The minimum absolute atomic E-state index is 0.714. The Morgan fingerprint density at radius 3 is 2.39 bits per heavy atom. The molecular formula is C22H19ClN4S. The molecular weight excluding hydrogens is 388 g/mol. The first-order chi connectivity index (χ1) is 13.8. The summed E-state index contributed by atoms with van der Waals surface area (Å²) in [5.74, 6) is 1.79. The molecule has 0 aliphatic carbocycles. The zero-order chi connectivity index (χ0) is 19.2. The summed E-state index contributed by atoms with van der Waals surface area (Å²) in [5.41, 5.74) is 3.30. The molecule has 0 unspecified atom stereocenters. The number of benzene rings is 2. The van der Waals surface area contributed by atoms with Gasteiger partial charge in [-0.15, -0.1) is 10.2 Å². The molecule has 0 amide bonds. The van der Waals surface area contributed by atoms with Gasteiger partial charge in [-0.25, -0.2) is 0 Å². The van der Waals surface area contributed by atoms with Gasteiger partial charge in [-0.1, -0.05) is 59.8 Å². The summed E-state index contributed by atoms with van der Waals surface area (Å²) in [4.78, 5) is 4.39. The number of hydrogen-bond donors (Lipinski definition) is 0. The van der Waals surface area contributed by atoms with Gasteiger partial charge in [0, 0.05) is 34.8 Å². The van der Waals surface area contributed by atoms with E-state index in [0.717, 1.165) is 41.0 Å². The average Bonchev–Trinajstić information content (AvgIpc) is 3.12. The Hall–Kier alpha value is -2.63. The third kappa shape index (κ3) is 4.61. The molecule has 0 atom stereocenters. The van der Waals surface area contributed by atoms with Crippen molar-refractivity contribution in [3.8, 4) is 5.69 Å². The predicted molar refractivity (Wildman–Crippen MR) is 114 cm³/mol. The third-order valence-electron chi connectivity index (χ3n) is 4.31. The average molecular weight is 407 g/mol. The van der Waals surface area contributed by atoms with Gasteiger partial charge >= 0.3 is 0 Å². The van der Waals surface area contributed by atoms with Crippen LogP contribution in [0, 0.1) is 0 Å². The highest BCUT2D eigenvalue weighted by molar-refractivity contribution is 7.99. The topological polar surface area (TPSA) is 43.6 Å². The van der Waals surface area contributed by atoms with Crippen molar-refractivity contribution in [3.05, 3.63) is 101 Å². The molecule has 4 nitrogen and oxygen atoms in total. The smallest absolute Gasteiger partial charge is 0.195 e. The van der Waals surface area contributed by atoms with Crippen LogP contribution in [-0.2, 0) is 12.8 Å². The Morgan fingerprint density at radius 1 is 0.857 bits per heavy atom. The van der Waals surface area contributed by atoms with Gasteiger partial charge in [0.15, 0.2) is 5.16 Å². The van der Waals surface area contributed by atoms with Crippen molar-refractivity contribution in [1.82, 2.24) is 19.7 Å². The van der Waals surface area contributed by atoms with Gasteiger partial charge in [0.05, 0.1) is 0 Å². The van der Waals surface area contributed by atoms with E-state index in [1.807, 2.05) is 66.9 Å². The van der Waals surface area contributed by atoms with E-state index in [-0.39, 0.29) is 0 Å². The Balaban J connectivity index is 1.59. The number of rotatable bonds is 7. The van der Waals surface area contributed by atoms with Crippen LogP contribution >= 0.6 is 23.4 Å². The number of nitrogens with zero attached hydrogens (tertiary/aromatic N) is 4. The Bertz CT molecular complexity index is 1020. The van der Waals surface area contributed by atoms with Crippen molar-refractivity contribution in [1.29, 1.82) is 0 Å². The van der Waals surface area contributed by atoms with E-state index in [1.54, 1.807) is 11.8 Å². The van der Waals surface area contributed by atoms with Crippen molar-refractivity contribution in [2.45, 2.75) is 18.0 Å². The van der Waals surface area contributed by atoms with Gasteiger partial charge < -0.3 is 0 Å². The largest absolute Gasteiger partial charge is 0.274 e. The van der Waals surface area contributed by atoms with Crippen LogP contribution in [0.4, 0.5) is 0 Å². The van der Waals surface area contributed by atoms with Gasteiger partial charge in [0.2, 0.25) is 0 Å². The summed E-state index contributed by atoms with van der Waals surface area (Å²) in [5, 5.41) is 10.5. The van der Waals surface area contributed by atoms with E-state index in [9.17, 15) is 0 Å². The summed E-state index contributed by atoms with van der Waals surface area (Å²) in [6.07, 6.45) is 3.43. The molecule has 4 rings (SSSR count). The molecule has 140 valence electrons. The molecule has 6 heteroatoms. The van der Waals surface area contributed by atoms with Crippen LogP contribution in [0.3, 0.4) is 0 Å². The lowest BCUT2D eigenvalue weighted by Crippen LogP contribution is -2.04. The molecule has 28 heavy (non-hydrogen) atoms. The molecule has 0 aliphatic heterocycles. The molecule has 2 heterocycles. The van der Waals surface area contributed by atoms with Crippen LogP contribution in [0.2, 0.25) is 5.02 Å². The fraction of sp³-hybridized carbons (Fsp3) is 0.136. The van der Waals surface area contributed by atoms with E-state index in [1.165, 1.54) is 5.56 Å². The Morgan fingerprint density at radius 2 is 1.64 bits per heavy atom. The molecule has 2 aromatic heterocycles. The molecule has 0 aliphatic rings. The Labute approximate surface area is 173 Å². The monoisotopic (exact) mass is 406 g/mol. The van der Waals surface area contributed by atoms with E-state index in [0.29, 0.717) is 5.02 Å². The van der Waals surface area contributed by atoms with Gasteiger partial charge in [-0.05, 0) is 48.4 Å². The van der Waals surface area contributed by atoms with Crippen molar-refractivity contribution in [2.24, 2.45) is 0 Å². The Kier molecular flexibility index (Phi) is 6.04. The van der Waals surface area contributed by atoms with Gasteiger partial charge in [-0.2, -0.15) is 0 Å². The molecule has 4 aromatic rings. The highest BCUT2D eigenvalue weighted by atomic mass is 35.5. The van der Waals surface area contributed by atoms with Crippen molar-refractivity contribution in [2.75, 3.05) is 5.75 Å². The normalized spacial score (nSPS) is 10.9. The maximum atomic E-state index is 6.08. The van der Waals surface area contributed by atoms with Crippen molar-refractivity contribution < 1.29 is 0 Å². The fourth-order valence-electron chi connectivity index (χ4n) is 2.93.